The predicted molar refractivity (Wildman–Crippen MR) is 102 cm³/mol. The Kier molecular flexibility index (Phi) is 5.57. The van der Waals surface area contributed by atoms with Crippen LogP contribution in [0.15, 0.2) is 54.9 Å². The number of nitrogens with zero attached hydrogens (tertiary/aromatic N) is 3. The summed E-state index contributed by atoms with van der Waals surface area (Å²) in [4.78, 5) is 4.13. The lowest BCUT2D eigenvalue weighted by molar-refractivity contribution is 0.486. The van der Waals surface area contributed by atoms with Crippen molar-refractivity contribution in [1.29, 1.82) is 0 Å². The van der Waals surface area contributed by atoms with Crippen LogP contribution in [0.5, 0.6) is 11.5 Å². The minimum Gasteiger partial charge on any atom is -0.371 e. The van der Waals surface area contributed by atoms with Gasteiger partial charge in [0.1, 0.15) is 29.7 Å². The first kappa shape index (κ1) is 20.7. The van der Waals surface area contributed by atoms with Gasteiger partial charge in [0.2, 0.25) is 0 Å². The first-order valence-electron chi connectivity index (χ1n) is 8.02. The Morgan fingerprint density at radius 2 is 1.24 bits per heavy atom. The average molecular weight is 439 g/mol. The molecule has 0 fully saturated rings. The molecule has 0 saturated heterocycles. The van der Waals surface area contributed by atoms with E-state index in [0.29, 0.717) is 5.82 Å². The summed E-state index contributed by atoms with van der Waals surface area (Å²) in [6, 6.07) is 12.0. The smallest absolute Gasteiger partial charge is 0.371 e. The Hall–Kier alpha value is -3.00. The molecule has 154 valence electrons. The Morgan fingerprint density at radius 3 is 1.55 bits per heavy atom. The van der Waals surface area contributed by atoms with Crippen LogP contribution in [-0.2, 0) is 20.6 Å². The zero-order valence-electron chi connectivity index (χ0n) is 15.0. The van der Waals surface area contributed by atoms with Gasteiger partial charge in [-0.25, -0.2) is 9.67 Å². The van der Waals surface area contributed by atoms with Crippen molar-refractivity contribution in [2.24, 2.45) is 10.3 Å². The Balaban J connectivity index is 1.98. The third-order valence-corrected chi connectivity index (χ3v) is 4.55. The van der Waals surface area contributed by atoms with Gasteiger partial charge in [0.15, 0.2) is 0 Å². The van der Waals surface area contributed by atoms with E-state index >= 15 is 0 Å². The van der Waals surface area contributed by atoms with Crippen molar-refractivity contribution in [2.45, 2.75) is 13.0 Å². The predicted octanol–water partition coefficient (Wildman–Crippen LogP) is 0.389. The normalized spacial score (nSPS) is 12.1. The SMILES string of the molecule is Cc1ncn(C(c2ccc(OS(N)(=O)=O)cc2)c2ccc(OS(N)(=O)=O)cc2)n1. The monoisotopic (exact) mass is 439 g/mol. The maximum Gasteiger partial charge on any atom is 0.380 e. The van der Waals surface area contributed by atoms with Crippen LogP contribution in [0.3, 0.4) is 0 Å². The molecule has 0 spiro atoms. The second kappa shape index (κ2) is 7.79. The van der Waals surface area contributed by atoms with Crippen LogP contribution < -0.4 is 18.6 Å². The summed E-state index contributed by atoms with van der Waals surface area (Å²) >= 11 is 0. The lowest BCUT2D eigenvalue weighted by Gasteiger charge is -2.19. The highest BCUT2D eigenvalue weighted by atomic mass is 32.2. The first-order chi connectivity index (χ1) is 13.5. The molecule has 0 amide bonds. The highest BCUT2D eigenvalue weighted by Gasteiger charge is 2.19. The molecule has 13 heteroatoms. The van der Waals surface area contributed by atoms with Crippen molar-refractivity contribution in [1.82, 2.24) is 14.8 Å². The molecular formula is C16H17N5O6S2. The second-order valence-electron chi connectivity index (χ2n) is 5.96. The van der Waals surface area contributed by atoms with Crippen LogP contribution in [0.2, 0.25) is 0 Å². The van der Waals surface area contributed by atoms with Gasteiger partial charge in [-0.2, -0.15) is 32.2 Å². The van der Waals surface area contributed by atoms with Crippen molar-refractivity contribution >= 4 is 20.6 Å². The van der Waals surface area contributed by atoms with Gasteiger partial charge >= 0.3 is 20.6 Å². The van der Waals surface area contributed by atoms with Gasteiger partial charge in [0.25, 0.3) is 0 Å². The molecule has 0 radical (unpaired) electrons. The van der Waals surface area contributed by atoms with Gasteiger partial charge in [-0.05, 0) is 42.3 Å². The summed E-state index contributed by atoms with van der Waals surface area (Å²) < 4.78 is 55.2. The average Bonchev–Trinajstić information content (AvgIpc) is 3.01. The number of nitrogens with two attached hydrogens (primary N) is 2. The van der Waals surface area contributed by atoms with E-state index in [1.54, 1.807) is 42.2 Å². The maximum absolute atomic E-state index is 11.1. The van der Waals surface area contributed by atoms with Crippen LogP contribution in [0.4, 0.5) is 0 Å². The third-order valence-electron chi connectivity index (χ3n) is 3.70. The van der Waals surface area contributed by atoms with E-state index in [0.717, 1.165) is 11.1 Å². The standard InChI is InChI=1S/C16H17N5O6S2/c1-11-19-10-21(20-11)16(12-2-6-14(7-3-12)26-28(17,22)23)13-4-8-15(9-5-13)27-29(18,24)25/h2-10,16H,1H3,(H2,17,22,23)(H2,18,24,25). The molecule has 3 rings (SSSR count). The molecule has 1 aromatic heterocycles. The molecule has 29 heavy (non-hydrogen) atoms. The van der Waals surface area contributed by atoms with Crippen molar-refractivity contribution in [3.05, 3.63) is 71.8 Å². The Bertz CT molecular complexity index is 1130. The summed E-state index contributed by atoms with van der Waals surface area (Å²) in [5.41, 5.74) is 1.47. The minimum atomic E-state index is -4.13. The van der Waals surface area contributed by atoms with Gasteiger partial charge < -0.3 is 8.37 Å². The quantitative estimate of drug-likeness (QED) is 0.532. The first-order valence-corrected chi connectivity index (χ1v) is 11.0. The number of hydrogen-bond donors (Lipinski definition) is 2. The summed E-state index contributed by atoms with van der Waals surface area (Å²) in [6.45, 7) is 1.74. The fraction of sp³-hybridized carbons (Fsp3) is 0.125. The molecular weight excluding hydrogens is 422 g/mol. The zero-order chi connectivity index (χ0) is 21.2. The molecule has 4 N–H and O–H groups in total. The van der Waals surface area contributed by atoms with Gasteiger partial charge in [-0.15, -0.1) is 0 Å². The number of aryl methyl sites for hydroxylation is 1. The van der Waals surface area contributed by atoms with E-state index in [4.69, 9.17) is 10.3 Å². The molecule has 0 aliphatic heterocycles. The topological polar surface area (TPSA) is 169 Å². The Morgan fingerprint density at radius 1 is 0.828 bits per heavy atom. The molecule has 3 aromatic rings. The number of hydrogen-bond acceptors (Lipinski definition) is 8. The molecule has 0 saturated carbocycles. The highest BCUT2D eigenvalue weighted by Crippen LogP contribution is 2.29. The van der Waals surface area contributed by atoms with E-state index in [1.807, 2.05) is 0 Å². The molecule has 11 nitrogen and oxygen atoms in total. The van der Waals surface area contributed by atoms with Crippen LogP contribution >= 0.6 is 0 Å². The van der Waals surface area contributed by atoms with E-state index < -0.39 is 26.7 Å². The van der Waals surface area contributed by atoms with E-state index in [1.165, 1.54) is 24.3 Å². The molecule has 0 aliphatic rings. The number of rotatable bonds is 7. The third kappa shape index (κ3) is 5.74. The van der Waals surface area contributed by atoms with Gasteiger partial charge in [0.05, 0.1) is 0 Å². The maximum atomic E-state index is 11.1. The molecule has 0 aliphatic carbocycles. The molecule has 0 atom stereocenters. The van der Waals surface area contributed by atoms with Crippen molar-refractivity contribution in [3.63, 3.8) is 0 Å². The van der Waals surface area contributed by atoms with Crippen LogP contribution in [-0.4, -0.2) is 31.6 Å². The lowest BCUT2D eigenvalue weighted by atomic mass is 9.99. The summed E-state index contributed by atoms with van der Waals surface area (Å²) in [6.07, 6.45) is 1.55. The fourth-order valence-corrected chi connectivity index (χ4v) is 3.42. The van der Waals surface area contributed by atoms with E-state index in [2.05, 4.69) is 18.4 Å². The summed E-state index contributed by atoms with van der Waals surface area (Å²) in [5, 5.41) is 14.1. The number of benzene rings is 2. The fourth-order valence-electron chi connectivity index (χ4n) is 2.66. The van der Waals surface area contributed by atoms with Gasteiger partial charge in [-0.3, -0.25) is 0 Å². The van der Waals surface area contributed by atoms with Crippen LogP contribution in [0.1, 0.15) is 23.0 Å². The second-order valence-corrected chi connectivity index (χ2v) is 8.27. The van der Waals surface area contributed by atoms with Crippen LogP contribution in [0, 0.1) is 6.92 Å². The van der Waals surface area contributed by atoms with Gasteiger partial charge in [-0.1, -0.05) is 24.3 Å². The molecule has 0 unspecified atom stereocenters. The van der Waals surface area contributed by atoms with E-state index in [-0.39, 0.29) is 11.5 Å². The summed E-state index contributed by atoms with van der Waals surface area (Å²) in [7, 11) is -8.26. The zero-order valence-corrected chi connectivity index (χ0v) is 16.7. The number of aromatic nitrogens is 3. The van der Waals surface area contributed by atoms with Crippen molar-refractivity contribution in [3.8, 4) is 11.5 Å². The van der Waals surface area contributed by atoms with E-state index in [9.17, 15) is 16.8 Å². The molecule has 1 heterocycles. The highest BCUT2D eigenvalue weighted by molar-refractivity contribution is 7.85. The minimum absolute atomic E-state index is 0.0571. The molecule has 2 aromatic carbocycles. The van der Waals surface area contributed by atoms with Gasteiger partial charge in [0, 0.05) is 0 Å². The van der Waals surface area contributed by atoms with Crippen LogP contribution in [0.25, 0.3) is 0 Å². The van der Waals surface area contributed by atoms with Crippen molar-refractivity contribution < 1.29 is 25.2 Å². The summed E-state index contributed by atoms with van der Waals surface area (Å²) in [5.74, 6) is 0.668. The van der Waals surface area contributed by atoms with Crippen molar-refractivity contribution in [2.75, 3.05) is 0 Å². The lowest BCUT2D eigenvalue weighted by Crippen LogP contribution is -2.19. The molecule has 0 bridgehead atoms. The largest absolute Gasteiger partial charge is 0.380 e. The Labute approximate surface area is 167 Å².